The zero-order valence-electron chi connectivity index (χ0n) is 13.4. The Hall–Kier alpha value is -1.10. The number of rotatable bonds is 5. The van der Waals surface area contributed by atoms with Crippen LogP contribution in [0.3, 0.4) is 0 Å². The molecule has 3 N–H and O–H groups in total. The van der Waals surface area contributed by atoms with Crippen LogP contribution in [0.25, 0.3) is 0 Å². The minimum atomic E-state index is -0.144. The maximum absolute atomic E-state index is 12.7. The number of amides is 2. The summed E-state index contributed by atoms with van der Waals surface area (Å²) in [6, 6.07) is 0.108. The van der Waals surface area contributed by atoms with Gasteiger partial charge in [-0.15, -0.1) is 0 Å². The van der Waals surface area contributed by atoms with E-state index in [1.54, 1.807) is 0 Å². The highest BCUT2D eigenvalue weighted by atomic mass is 16.2. The van der Waals surface area contributed by atoms with E-state index in [1.165, 1.54) is 12.8 Å². The van der Waals surface area contributed by atoms with E-state index in [0.717, 1.165) is 51.6 Å². The van der Waals surface area contributed by atoms with Crippen LogP contribution in [0, 0.1) is 17.8 Å². The summed E-state index contributed by atoms with van der Waals surface area (Å²) in [5, 5.41) is 3.14. The smallest absolute Gasteiger partial charge is 0.226 e. The first-order valence-corrected chi connectivity index (χ1v) is 9.00. The monoisotopic (exact) mass is 307 g/mol. The van der Waals surface area contributed by atoms with Gasteiger partial charge in [-0.2, -0.15) is 0 Å². The molecule has 3 atom stereocenters. The topological polar surface area (TPSA) is 75.4 Å². The van der Waals surface area contributed by atoms with Crippen LogP contribution in [0.15, 0.2) is 0 Å². The molecule has 0 aromatic carbocycles. The third-order valence-electron chi connectivity index (χ3n) is 5.61. The molecular weight excluding hydrogens is 278 g/mol. The molecule has 0 aromatic rings. The van der Waals surface area contributed by atoms with Crippen molar-refractivity contribution in [2.75, 3.05) is 19.6 Å². The van der Waals surface area contributed by atoms with E-state index in [1.807, 2.05) is 4.90 Å². The molecule has 2 saturated carbocycles. The van der Waals surface area contributed by atoms with E-state index in [4.69, 9.17) is 5.73 Å². The summed E-state index contributed by atoms with van der Waals surface area (Å²) in [6.45, 7) is 2.25. The van der Waals surface area contributed by atoms with Crippen molar-refractivity contribution in [2.24, 2.45) is 23.5 Å². The third kappa shape index (κ3) is 3.45. The Morgan fingerprint density at radius 3 is 2.23 bits per heavy atom. The summed E-state index contributed by atoms with van der Waals surface area (Å²) in [4.78, 5) is 27.4. The first-order chi connectivity index (χ1) is 10.7. The molecule has 0 bridgehead atoms. The Balaban J connectivity index is 1.63. The van der Waals surface area contributed by atoms with Crippen molar-refractivity contribution in [2.45, 2.75) is 57.4 Å². The number of hydrogen-bond acceptors (Lipinski definition) is 3. The minimum absolute atomic E-state index is 0.0691. The van der Waals surface area contributed by atoms with Gasteiger partial charge in [0.1, 0.15) is 0 Å². The van der Waals surface area contributed by atoms with Gasteiger partial charge >= 0.3 is 0 Å². The first-order valence-electron chi connectivity index (χ1n) is 9.00. The average molecular weight is 307 g/mol. The molecule has 3 rings (SSSR count). The van der Waals surface area contributed by atoms with E-state index < -0.39 is 0 Å². The van der Waals surface area contributed by atoms with E-state index in [9.17, 15) is 9.59 Å². The second kappa shape index (κ2) is 6.99. The molecule has 124 valence electrons. The van der Waals surface area contributed by atoms with Crippen molar-refractivity contribution in [1.82, 2.24) is 10.2 Å². The van der Waals surface area contributed by atoms with Crippen LogP contribution in [-0.4, -0.2) is 42.4 Å². The molecule has 2 aliphatic carbocycles. The molecule has 3 fully saturated rings. The normalized spacial score (nSPS) is 30.1. The van der Waals surface area contributed by atoms with E-state index in [-0.39, 0.29) is 29.7 Å². The fourth-order valence-electron chi connectivity index (χ4n) is 4.07. The van der Waals surface area contributed by atoms with Gasteiger partial charge < -0.3 is 16.0 Å². The van der Waals surface area contributed by atoms with Crippen molar-refractivity contribution in [3.63, 3.8) is 0 Å². The van der Waals surface area contributed by atoms with E-state index in [2.05, 4.69) is 5.32 Å². The largest absolute Gasteiger partial charge is 0.352 e. The lowest BCUT2D eigenvalue weighted by molar-refractivity contribution is -0.143. The Labute approximate surface area is 133 Å². The van der Waals surface area contributed by atoms with Crippen LogP contribution in [0.1, 0.15) is 51.4 Å². The molecule has 22 heavy (non-hydrogen) atoms. The quantitative estimate of drug-likeness (QED) is 0.803. The van der Waals surface area contributed by atoms with Crippen LogP contribution < -0.4 is 11.1 Å². The summed E-state index contributed by atoms with van der Waals surface area (Å²) in [5.41, 5.74) is 5.80. The summed E-state index contributed by atoms with van der Waals surface area (Å²) in [6.07, 6.45) is 8.38. The molecule has 3 aliphatic rings. The number of carbonyl (C=O) groups excluding carboxylic acids is 2. The van der Waals surface area contributed by atoms with Crippen molar-refractivity contribution in [3.05, 3.63) is 0 Å². The molecular formula is C17H29N3O2. The zero-order chi connectivity index (χ0) is 15.5. The molecule has 0 spiro atoms. The zero-order valence-corrected chi connectivity index (χ0v) is 13.4. The lowest BCUT2D eigenvalue weighted by atomic mass is 9.77. The summed E-state index contributed by atoms with van der Waals surface area (Å²) in [7, 11) is 0. The molecule has 0 radical (unpaired) electrons. The van der Waals surface area contributed by atoms with Crippen LogP contribution in [0.2, 0.25) is 0 Å². The predicted octanol–water partition coefficient (Wildman–Crippen LogP) is 1.27. The Morgan fingerprint density at radius 2 is 1.64 bits per heavy atom. The van der Waals surface area contributed by atoms with Crippen LogP contribution in [-0.2, 0) is 9.59 Å². The second-order valence-electron chi connectivity index (χ2n) is 7.22. The molecule has 2 amide bonds. The van der Waals surface area contributed by atoms with Crippen molar-refractivity contribution >= 4 is 11.8 Å². The van der Waals surface area contributed by atoms with Gasteiger partial charge in [-0.25, -0.2) is 0 Å². The predicted molar refractivity (Wildman–Crippen MR) is 85.0 cm³/mol. The fourth-order valence-corrected chi connectivity index (χ4v) is 4.07. The van der Waals surface area contributed by atoms with Crippen molar-refractivity contribution in [1.29, 1.82) is 0 Å². The van der Waals surface area contributed by atoms with Gasteiger partial charge in [0.15, 0.2) is 0 Å². The van der Waals surface area contributed by atoms with Crippen molar-refractivity contribution in [3.8, 4) is 0 Å². The Morgan fingerprint density at radius 1 is 1.00 bits per heavy atom. The lowest BCUT2D eigenvalue weighted by Crippen LogP contribution is -2.49. The summed E-state index contributed by atoms with van der Waals surface area (Å²) >= 11 is 0. The van der Waals surface area contributed by atoms with Gasteiger partial charge in [0.2, 0.25) is 11.8 Å². The average Bonchev–Trinajstić information content (AvgIpc) is 3.25. The molecule has 1 aliphatic heterocycles. The number of carbonyl (C=O) groups is 2. The fraction of sp³-hybridized carbons (Fsp3) is 0.882. The van der Waals surface area contributed by atoms with Gasteiger partial charge in [0.25, 0.3) is 0 Å². The molecule has 5 nitrogen and oxygen atoms in total. The van der Waals surface area contributed by atoms with E-state index in [0.29, 0.717) is 12.5 Å². The Kier molecular flexibility index (Phi) is 5.01. The molecule has 5 heteroatoms. The minimum Gasteiger partial charge on any atom is -0.352 e. The summed E-state index contributed by atoms with van der Waals surface area (Å²) < 4.78 is 0. The van der Waals surface area contributed by atoms with Gasteiger partial charge in [-0.1, -0.05) is 12.8 Å². The molecule has 0 aromatic heterocycles. The van der Waals surface area contributed by atoms with Crippen molar-refractivity contribution < 1.29 is 9.59 Å². The number of nitrogens with two attached hydrogens (primary N) is 1. The van der Waals surface area contributed by atoms with Gasteiger partial charge in [-0.3, -0.25) is 9.59 Å². The van der Waals surface area contributed by atoms with Crippen LogP contribution >= 0.6 is 0 Å². The highest BCUT2D eigenvalue weighted by molar-refractivity contribution is 5.88. The van der Waals surface area contributed by atoms with Gasteiger partial charge in [0, 0.05) is 37.5 Å². The van der Waals surface area contributed by atoms with Crippen LogP contribution in [0.4, 0.5) is 0 Å². The maximum atomic E-state index is 12.7. The Bertz CT molecular complexity index is 416. The first kappa shape index (κ1) is 15.8. The lowest BCUT2D eigenvalue weighted by Gasteiger charge is -2.33. The SMILES string of the molecule is NCC(NC(=O)C1CCCCC1C(=O)N1CCCC1)C1CC1. The van der Waals surface area contributed by atoms with Crippen LogP contribution in [0.5, 0.6) is 0 Å². The highest BCUT2D eigenvalue weighted by Gasteiger charge is 2.40. The number of hydrogen-bond donors (Lipinski definition) is 2. The molecule has 1 heterocycles. The number of likely N-dealkylation sites (tertiary alicyclic amines) is 1. The number of nitrogens with one attached hydrogen (secondary N) is 1. The van der Waals surface area contributed by atoms with E-state index >= 15 is 0 Å². The van der Waals surface area contributed by atoms with Gasteiger partial charge in [-0.05, 0) is 44.4 Å². The highest BCUT2D eigenvalue weighted by Crippen LogP contribution is 2.35. The van der Waals surface area contributed by atoms with Gasteiger partial charge in [0.05, 0.1) is 0 Å². The standard InChI is InChI=1S/C17H29N3O2/c18-11-15(12-7-8-12)19-16(21)13-5-1-2-6-14(13)17(22)20-9-3-4-10-20/h12-15H,1-11,18H2,(H,19,21). The third-order valence-corrected chi connectivity index (χ3v) is 5.61. The maximum Gasteiger partial charge on any atom is 0.226 e. The second-order valence-corrected chi connectivity index (χ2v) is 7.22. The summed E-state index contributed by atoms with van der Waals surface area (Å²) in [5.74, 6) is 0.595. The number of nitrogens with zero attached hydrogens (tertiary/aromatic N) is 1. The molecule has 1 saturated heterocycles. The molecule has 3 unspecified atom stereocenters.